The summed E-state index contributed by atoms with van der Waals surface area (Å²) in [6, 6.07) is 29.0. The monoisotopic (exact) mass is 488 g/mol. The molecule has 36 heavy (non-hydrogen) atoms. The SMILES string of the molecule is c1ccc2c(c1)OCOc1ccccc1OCOc1ccccc1OCOc1ccccc1OCO2. The molecule has 0 saturated carbocycles. The van der Waals surface area contributed by atoms with Gasteiger partial charge in [-0.05, 0) is 48.5 Å². The highest BCUT2D eigenvalue weighted by Gasteiger charge is 2.11. The molecule has 1 heterocycles. The predicted octanol–water partition coefficient (Wildman–Crippen LogP) is 5.66. The number of fused-ring (bicyclic) bond motifs is 4. The molecular weight excluding hydrogens is 464 g/mol. The van der Waals surface area contributed by atoms with Gasteiger partial charge in [-0.1, -0.05) is 48.5 Å². The molecule has 1 aliphatic rings. The molecule has 0 bridgehead atoms. The smallest absolute Gasteiger partial charge is 0.231 e. The first kappa shape index (κ1) is 23.0. The van der Waals surface area contributed by atoms with E-state index in [1.54, 1.807) is 48.5 Å². The average Bonchev–Trinajstić information content (AvgIpc) is 2.91. The fourth-order valence-electron chi connectivity index (χ4n) is 3.38. The topological polar surface area (TPSA) is 73.8 Å². The normalized spacial score (nSPS) is 13.8. The number of hydrogen-bond acceptors (Lipinski definition) is 8. The lowest BCUT2D eigenvalue weighted by atomic mass is 10.3. The Morgan fingerprint density at radius 3 is 0.528 bits per heavy atom. The summed E-state index contributed by atoms with van der Waals surface area (Å²) >= 11 is 0. The summed E-state index contributed by atoms with van der Waals surface area (Å²) in [7, 11) is 0. The van der Waals surface area contributed by atoms with Crippen LogP contribution in [0, 0.1) is 0 Å². The van der Waals surface area contributed by atoms with Gasteiger partial charge in [-0.2, -0.15) is 0 Å². The van der Waals surface area contributed by atoms with Crippen molar-refractivity contribution in [2.24, 2.45) is 0 Å². The van der Waals surface area contributed by atoms with Gasteiger partial charge in [0.1, 0.15) is 0 Å². The zero-order valence-corrected chi connectivity index (χ0v) is 19.3. The second-order valence-corrected chi connectivity index (χ2v) is 7.41. The number of hydrogen-bond donors (Lipinski definition) is 0. The number of ether oxygens (including phenoxy) is 8. The average molecular weight is 488 g/mol. The Bertz CT molecular complexity index is 986. The first-order valence-corrected chi connectivity index (χ1v) is 11.3. The second kappa shape index (κ2) is 11.6. The van der Waals surface area contributed by atoms with E-state index in [-0.39, 0.29) is 27.2 Å². The van der Waals surface area contributed by atoms with Gasteiger partial charge in [0.2, 0.25) is 27.2 Å². The van der Waals surface area contributed by atoms with Crippen LogP contribution in [0.4, 0.5) is 0 Å². The van der Waals surface area contributed by atoms with Crippen LogP contribution in [-0.4, -0.2) is 27.2 Å². The first-order chi connectivity index (χ1) is 17.9. The zero-order chi connectivity index (χ0) is 24.4. The van der Waals surface area contributed by atoms with Crippen molar-refractivity contribution < 1.29 is 37.9 Å². The lowest BCUT2D eigenvalue weighted by Gasteiger charge is -2.18. The van der Waals surface area contributed by atoms with Gasteiger partial charge in [0.15, 0.2) is 46.0 Å². The molecule has 0 radical (unpaired) electrons. The van der Waals surface area contributed by atoms with E-state index in [2.05, 4.69) is 0 Å². The van der Waals surface area contributed by atoms with E-state index >= 15 is 0 Å². The highest BCUT2D eigenvalue weighted by molar-refractivity contribution is 5.42. The standard InChI is InChI=1S/C28H24O8/c1-2-10-22-21(9-1)29-17-31-23-11-3-4-12-24(23)33-19-35-27-15-7-8-16-28(27)36-20-34-26-14-6-5-13-25(26)32-18-30-22/h1-16H,17-20H2. The van der Waals surface area contributed by atoms with Gasteiger partial charge in [0.25, 0.3) is 0 Å². The molecule has 0 saturated heterocycles. The van der Waals surface area contributed by atoms with Crippen molar-refractivity contribution in [1.29, 1.82) is 0 Å². The van der Waals surface area contributed by atoms with Crippen molar-refractivity contribution in [1.82, 2.24) is 0 Å². The highest BCUT2D eigenvalue weighted by atomic mass is 16.7. The Balaban J connectivity index is 1.37. The summed E-state index contributed by atoms with van der Waals surface area (Å²) in [5, 5.41) is 0. The Kier molecular flexibility index (Phi) is 7.43. The van der Waals surface area contributed by atoms with Gasteiger partial charge in [-0.3, -0.25) is 0 Å². The van der Waals surface area contributed by atoms with Crippen molar-refractivity contribution in [3.63, 3.8) is 0 Å². The lowest BCUT2D eigenvalue weighted by Crippen LogP contribution is -2.13. The third-order valence-electron chi connectivity index (χ3n) is 5.11. The van der Waals surface area contributed by atoms with E-state index in [1.807, 2.05) is 48.5 Å². The second-order valence-electron chi connectivity index (χ2n) is 7.41. The zero-order valence-electron chi connectivity index (χ0n) is 19.3. The summed E-state index contributed by atoms with van der Waals surface area (Å²) in [5.41, 5.74) is 0. The minimum Gasteiger partial charge on any atom is -0.454 e. The van der Waals surface area contributed by atoms with E-state index in [4.69, 9.17) is 37.9 Å². The van der Waals surface area contributed by atoms with Crippen LogP contribution in [0.5, 0.6) is 46.0 Å². The molecule has 4 aromatic carbocycles. The molecule has 0 fully saturated rings. The summed E-state index contributed by atoms with van der Waals surface area (Å²) in [4.78, 5) is 0. The van der Waals surface area contributed by atoms with Gasteiger partial charge >= 0.3 is 0 Å². The van der Waals surface area contributed by atoms with E-state index in [0.717, 1.165) is 0 Å². The number of para-hydroxylation sites is 8. The van der Waals surface area contributed by atoms with Crippen molar-refractivity contribution in [2.45, 2.75) is 0 Å². The van der Waals surface area contributed by atoms with Crippen LogP contribution in [0.3, 0.4) is 0 Å². The van der Waals surface area contributed by atoms with E-state index in [1.165, 1.54) is 0 Å². The van der Waals surface area contributed by atoms with Crippen LogP contribution >= 0.6 is 0 Å². The maximum absolute atomic E-state index is 5.81. The van der Waals surface area contributed by atoms with Gasteiger partial charge in [0, 0.05) is 0 Å². The Labute approximate surface area is 208 Å². The summed E-state index contributed by atoms with van der Waals surface area (Å²) < 4.78 is 46.5. The molecule has 0 spiro atoms. The Morgan fingerprint density at radius 1 is 0.250 bits per heavy atom. The molecular formula is C28H24O8. The third-order valence-corrected chi connectivity index (χ3v) is 5.11. The van der Waals surface area contributed by atoms with Crippen LogP contribution < -0.4 is 37.9 Å². The van der Waals surface area contributed by atoms with E-state index < -0.39 is 0 Å². The largest absolute Gasteiger partial charge is 0.454 e. The molecule has 184 valence electrons. The van der Waals surface area contributed by atoms with Crippen molar-refractivity contribution >= 4 is 0 Å². The highest BCUT2D eigenvalue weighted by Crippen LogP contribution is 2.32. The Hall–Kier alpha value is -4.72. The lowest BCUT2D eigenvalue weighted by molar-refractivity contribution is 0.0723. The van der Waals surface area contributed by atoms with Crippen LogP contribution in [0.1, 0.15) is 0 Å². The first-order valence-electron chi connectivity index (χ1n) is 11.3. The third kappa shape index (κ3) is 5.85. The van der Waals surface area contributed by atoms with Gasteiger partial charge in [-0.15, -0.1) is 0 Å². The summed E-state index contributed by atoms with van der Waals surface area (Å²) in [5.74, 6) is 4.05. The fraction of sp³-hybridized carbons (Fsp3) is 0.143. The van der Waals surface area contributed by atoms with Crippen molar-refractivity contribution in [3.8, 4) is 46.0 Å². The number of benzene rings is 4. The quantitative estimate of drug-likeness (QED) is 0.314. The molecule has 0 N–H and O–H groups in total. The summed E-state index contributed by atoms with van der Waals surface area (Å²) in [6.07, 6.45) is 0. The van der Waals surface area contributed by atoms with Gasteiger partial charge in [-0.25, -0.2) is 0 Å². The fourth-order valence-corrected chi connectivity index (χ4v) is 3.38. The molecule has 0 unspecified atom stereocenters. The molecule has 1 aliphatic heterocycles. The van der Waals surface area contributed by atoms with Crippen LogP contribution in [0.2, 0.25) is 0 Å². The van der Waals surface area contributed by atoms with E-state index in [9.17, 15) is 0 Å². The molecule has 5 rings (SSSR count). The summed E-state index contributed by atoms with van der Waals surface area (Å²) in [6.45, 7) is -0.239. The van der Waals surface area contributed by atoms with Crippen LogP contribution in [0.25, 0.3) is 0 Å². The molecule has 0 amide bonds. The molecule has 0 aromatic heterocycles. The molecule has 0 atom stereocenters. The molecule has 4 aromatic rings. The molecule has 8 nitrogen and oxygen atoms in total. The predicted molar refractivity (Wildman–Crippen MR) is 130 cm³/mol. The maximum atomic E-state index is 5.81. The van der Waals surface area contributed by atoms with Crippen LogP contribution in [0.15, 0.2) is 97.1 Å². The van der Waals surface area contributed by atoms with Gasteiger partial charge < -0.3 is 37.9 Å². The van der Waals surface area contributed by atoms with Gasteiger partial charge in [0.05, 0.1) is 0 Å². The number of rotatable bonds is 0. The van der Waals surface area contributed by atoms with Crippen molar-refractivity contribution in [2.75, 3.05) is 27.2 Å². The molecule has 0 aliphatic carbocycles. The van der Waals surface area contributed by atoms with Crippen LogP contribution in [-0.2, 0) is 0 Å². The van der Waals surface area contributed by atoms with Crippen molar-refractivity contribution in [3.05, 3.63) is 97.1 Å². The maximum Gasteiger partial charge on any atom is 0.231 e. The minimum atomic E-state index is -0.0597. The Morgan fingerprint density at radius 2 is 0.389 bits per heavy atom. The molecule has 8 heteroatoms. The minimum absolute atomic E-state index is 0.0597. The van der Waals surface area contributed by atoms with E-state index in [0.29, 0.717) is 46.0 Å².